The zero-order chi connectivity index (χ0) is 8.81. The maximum Gasteiger partial charge on any atom is 0.115 e. The van der Waals surface area contributed by atoms with Crippen LogP contribution in [0.4, 0.5) is 0 Å². The number of nitrogens with zero attached hydrogens (tertiary/aromatic N) is 2. The molecule has 0 aliphatic carbocycles. The van der Waals surface area contributed by atoms with Crippen LogP contribution in [0.5, 0.6) is 0 Å². The van der Waals surface area contributed by atoms with Gasteiger partial charge in [-0.1, -0.05) is 13.3 Å². The molecular weight excluding hydrogens is 152 g/mol. The summed E-state index contributed by atoms with van der Waals surface area (Å²) in [4.78, 5) is 7.84. The third-order valence-electron chi connectivity index (χ3n) is 1.71. The molecule has 0 fully saturated rings. The predicted molar refractivity (Wildman–Crippen MR) is 46.7 cm³/mol. The van der Waals surface area contributed by atoms with Crippen molar-refractivity contribution >= 4 is 0 Å². The van der Waals surface area contributed by atoms with Gasteiger partial charge in [-0.25, -0.2) is 9.97 Å². The van der Waals surface area contributed by atoms with Gasteiger partial charge >= 0.3 is 0 Å². The Bertz CT molecular complexity index is 213. The van der Waals surface area contributed by atoms with Gasteiger partial charge in [0.15, 0.2) is 0 Å². The molecule has 0 aliphatic rings. The molecule has 66 valence electrons. The first-order valence-electron chi connectivity index (χ1n) is 4.26. The van der Waals surface area contributed by atoms with E-state index in [0.717, 1.165) is 18.5 Å². The molecular formula is C9H14N2O. The maximum atomic E-state index is 9.44. The van der Waals surface area contributed by atoms with Crippen LogP contribution in [0.1, 0.15) is 25.5 Å². The lowest BCUT2D eigenvalue weighted by molar-refractivity contribution is 0.162. The van der Waals surface area contributed by atoms with Crippen molar-refractivity contribution in [2.45, 2.75) is 32.3 Å². The summed E-state index contributed by atoms with van der Waals surface area (Å²) in [6, 6.07) is 1.83. The Labute approximate surface area is 72.5 Å². The van der Waals surface area contributed by atoms with Crippen LogP contribution in [0.3, 0.4) is 0 Å². The fraction of sp³-hybridized carbons (Fsp3) is 0.556. The molecule has 3 heteroatoms. The van der Waals surface area contributed by atoms with Gasteiger partial charge in [0.1, 0.15) is 6.33 Å². The molecule has 12 heavy (non-hydrogen) atoms. The van der Waals surface area contributed by atoms with E-state index < -0.39 is 0 Å². The van der Waals surface area contributed by atoms with Crippen LogP contribution in [0.15, 0.2) is 18.6 Å². The minimum absolute atomic E-state index is 0.259. The average molecular weight is 166 g/mol. The minimum Gasteiger partial charge on any atom is -0.393 e. The lowest BCUT2D eigenvalue weighted by Crippen LogP contribution is -2.10. The van der Waals surface area contributed by atoms with Crippen LogP contribution >= 0.6 is 0 Å². The first-order valence-corrected chi connectivity index (χ1v) is 4.26. The molecule has 0 aromatic carbocycles. The lowest BCUT2D eigenvalue weighted by atomic mass is 10.1. The van der Waals surface area contributed by atoms with Gasteiger partial charge in [0, 0.05) is 18.3 Å². The molecule has 0 bridgehead atoms. The Kier molecular flexibility index (Phi) is 3.67. The van der Waals surface area contributed by atoms with Crippen LogP contribution in [-0.4, -0.2) is 21.2 Å². The van der Waals surface area contributed by atoms with Gasteiger partial charge < -0.3 is 5.11 Å². The largest absolute Gasteiger partial charge is 0.393 e. The van der Waals surface area contributed by atoms with Crippen molar-refractivity contribution in [1.29, 1.82) is 0 Å². The van der Waals surface area contributed by atoms with E-state index in [1.807, 2.05) is 6.07 Å². The van der Waals surface area contributed by atoms with Crippen molar-refractivity contribution in [1.82, 2.24) is 9.97 Å². The topological polar surface area (TPSA) is 46.0 Å². The normalized spacial score (nSPS) is 12.8. The molecule has 0 aliphatic heterocycles. The van der Waals surface area contributed by atoms with E-state index in [2.05, 4.69) is 16.9 Å². The summed E-state index contributed by atoms with van der Waals surface area (Å²) in [5, 5.41) is 9.44. The highest BCUT2D eigenvalue weighted by molar-refractivity contribution is 4.99. The molecule has 0 saturated heterocycles. The molecule has 0 saturated carbocycles. The van der Waals surface area contributed by atoms with E-state index in [0.29, 0.717) is 6.42 Å². The molecule has 1 N–H and O–H groups in total. The fourth-order valence-electron chi connectivity index (χ4n) is 1.12. The van der Waals surface area contributed by atoms with Crippen LogP contribution < -0.4 is 0 Å². The standard InChI is InChI=1S/C9H14N2O/c1-2-3-9(12)6-8-4-5-10-7-11-8/h4-5,7,9,12H,2-3,6H2,1H3. The van der Waals surface area contributed by atoms with Gasteiger partial charge in [-0.05, 0) is 12.5 Å². The smallest absolute Gasteiger partial charge is 0.115 e. The summed E-state index contributed by atoms with van der Waals surface area (Å²) in [5.74, 6) is 0. The fourth-order valence-corrected chi connectivity index (χ4v) is 1.12. The summed E-state index contributed by atoms with van der Waals surface area (Å²) >= 11 is 0. The van der Waals surface area contributed by atoms with Gasteiger partial charge in [-0.15, -0.1) is 0 Å². The van der Waals surface area contributed by atoms with Crippen molar-refractivity contribution < 1.29 is 5.11 Å². The molecule has 1 aromatic heterocycles. The second-order valence-corrected chi connectivity index (χ2v) is 2.85. The third kappa shape index (κ3) is 2.96. The average Bonchev–Trinajstić information content (AvgIpc) is 2.06. The summed E-state index contributed by atoms with van der Waals surface area (Å²) < 4.78 is 0. The molecule has 1 heterocycles. The summed E-state index contributed by atoms with van der Waals surface area (Å²) in [5.41, 5.74) is 0.908. The number of aliphatic hydroxyl groups is 1. The summed E-state index contributed by atoms with van der Waals surface area (Å²) in [6.45, 7) is 2.06. The first-order chi connectivity index (χ1) is 5.83. The Morgan fingerprint density at radius 2 is 2.42 bits per heavy atom. The second-order valence-electron chi connectivity index (χ2n) is 2.85. The van der Waals surface area contributed by atoms with Crippen LogP contribution in [0, 0.1) is 0 Å². The Morgan fingerprint density at radius 3 is 3.00 bits per heavy atom. The SMILES string of the molecule is CCCC(O)Cc1ccncn1. The summed E-state index contributed by atoms with van der Waals surface area (Å²) in [7, 11) is 0. The molecule has 1 atom stereocenters. The van der Waals surface area contributed by atoms with Gasteiger partial charge in [0.25, 0.3) is 0 Å². The monoisotopic (exact) mass is 166 g/mol. The predicted octanol–water partition coefficient (Wildman–Crippen LogP) is 1.18. The maximum absolute atomic E-state index is 9.44. The molecule has 1 unspecified atom stereocenters. The first kappa shape index (κ1) is 9.13. The van der Waals surface area contributed by atoms with Crippen LogP contribution in [0.2, 0.25) is 0 Å². The second kappa shape index (κ2) is 4.83. The van der Waals surface area contributed by atoms with Gasteiger partial charge in [-0.3, -0.25) is 0 Å². The molecule has 3 nitrogen and oxygen atoms in total. The van der Waals surface area contributed by atoms with Crippen molar-refractivity contribution in [2.75, 3.05) is 0 Å². The van der Waals surface area contributed by atoms with E-state index in [1.54, 1.807) is 6.20 Å². The molecule has 0 spiro atoms. The van der Waals surface area contributed by atoms with Crippen LogP contribution in [0.25, 0.3) is 0 Å². The number of hydrogen-bond donors (Lipinski definition) is 1. The lowest BCUT2D eigenvalue weighted by Gasteiger charge is -2.06. The van der Waals surface area contributed by atoms with E-state index in [-0.39, 0.29) is 6.10 Å². The van der Waals surface area contributed by atoms with Crippen molar-refractivity contribution in [2.24, 2.45) is 0 Å². The van der Waals surface area contributed by atoms with E-state index in [4.69, 9.17) is 0 Å². The van der Waals surface area contributed by atoms with Gasteiger partial charge in [-0.2, -0.15) is 0 Å². The molecule has 0 amide bonds. The van der Waals surface area contributed by atoms with Crippen molar-refractivity contribution in [3.8, 4) is 0 Å². The highest BCUT2D eigenvalue weighted by Gasteiger charge is 2.03. The number of aromatic nitrogens is 2. The van der Waals surface area contributed by atoms with Gasteiger partial charge in [0.2, 0.25) is 0 Å². The zero-order valence-electron chi connectivity index (χ0n) is 7.27. The highest BCUT2D eigenvalue weighted by Crippen LogP contribution is 2.03. The Morgan fingerprint density at radius 1 is 1.58 bits per heavy atom. The molecule has 0 radical (unpaired) electrons. The van der Waals surface area contributed by atoms with Crippen molar-refractivity contribution in [3.63, 3.8) is 0 Å². The van der Waals surface area contributed by atoms with E-state index >= 15 is 0 Å². The Balaban J connectivity index is 2.41. The van der Waals surface area contributed by atoms with E-state index in [1.165, 1.54) is 6.33 Å². The van der Waals surface area contributed by atoms with Gasteiger partial charge in [0.05, 0.1) is 6.10 Å². The quantitative estimate of drug-likeness (QED) is 0.730. The van der Waals surface area contributed by atoms with Crippen LogP contribution in [-0.2, 0) is 6.42 Å². The Hall–Kier alpha value is -0.960. The number of rotatable bonds is 4. The summed E-state index contributed by atoms with van der Waals surface area (Å²) in [6.07, 6.45) is 5.42. The van der Waals surface area contributed by atoms with Crippen molar-refractivity contribution in [3.05, 3.63) is 24.3 Å². The number of aliphatic hydroxyl groups excluding tert-OH is 1. The van der Waals surface area contributed by atoms with E-state index in [9.17, 15) is 5.11 Å². The molecule has 1 aromatic rings. The zero-order valence-corrected chi connectivity index (χ0v) is 7.27. The highest BCUT2D eigenvalue weighted by atomic mass is 16.3. The third-order valence-corrected chi connectivity index (χ3v) is 1.71. The number of hydrogen-bond acceptors (Lipinski definition) is 3. The minimum atomic E-state index is -0.259. The molecule has 1 rings (SSSR count).